The Morgan fingerprint density at radius 1 is 1.28 bits per heavy atom. The lowest BCUT2D eigenvalue weighted by molar-refractivity contribution is 0.0682. The minimum Gasteiger partial charge on any atom is -0.373 e. The fourth-order valence-corrected chi connectivity index (χ4v) is 2.55. The quantitative estimate of drug-likeness (QED) is 0.855. The molecule has 1 heterocycles. The molecule has 1 aromatic heterocycles. The van der Waals surface area contributed by atoms with Crippen molar-refractivity contribution in [2.75, 3.05) is 45.0 Å². The van der Waals surface area contributed by atoms with Gasteiger partial charge >= 0.3 is 0 Å². The molecule has 0 atom stereocenters. The molecule has 1 aromatic rings. The molecule has 18 heavy (non-hydrogen) atoms. The highest BCUT2D eigenvalue weighted by molar-refractivity contribution is 5.47. The zero-order valence-corrected chi connectivity index (χ0v) is 11.8. The maximum absolute atomic E-state index is 4.35. The van der Waals surface area contributed by atoms with Crippen LogP contribution >= 0.6 is 0 Å². The van der Waals surface area contributed by atoms with E-state index in [2.05, 4.69) is 46.2 Å². The van der Waals surface area contributed by atoms with Gasteiger partial charge in [0.05, 0.1) is 0 Å². The Labute approximate surface area is 109 Å². The molecule has 0 aliphatic heterocycles. The number of aromatic nitrogens is 2. The number of nitrogens with one attached hydrogen (secondary N) is 1. The van der Waals surface area contributed by atoms with Crippen molar-refractivity contribution in [3.05, 3.63) is 12.4 Å². The third-order valence-electron chi connectivity index (χ3n) is 4.06. The van der Waals surface area contributed by atoms with E-state index in [1.54, 1.807) is 6.33 Å². The van der Waals surface area contributed by atoms with Crippen LogP contribution in [0.2, 0.25) is 0 Å². The largest absolute Gasteiger partial charge is 0.373 e. The highest BCUT2D eigenvalue weighted by Crippen LogP contribution is 2.37. The number of anilines is 2. The predicted octanol–water partition coefficient (Wildman–Crippen LogP) is 1.44. The van der Waals surface area contributed by atoms with Crippen molar-refractivity contribution in [1.29, 1.82) is 0 Å². The van der Waals surface area contributed by atoms with Gasteiger partial charge in [-0.1, -0.05) is 0 Å². The summed E-state index contributed by atoms with van der Waals surface area (Å²) in [4.78, 5) is 13.1. The molecule has 1 N–H and O–H groups in total. The van der Waals surface area contributed by atoms with Crippen LogP contribution < -0.4 is 10.2 Å². The molecule has 0 unspecified atom stereocenters. The molecule has 0 aromatic carbocycles. The monoisotopic (exact) mass is 249 g/mol. The third-order valence-corrected chi connectivity index (χ3v) is 4.06. The molecule has 0 bridgehead atoms. The van der Waals surface area contributed by atoms with E-state index in [4.69, 9.17) is 0 Å². The van der Waals surface area contributed by atoms with Crippen LogP contribution in [0, 0.1) is 0 Å². The summed E-state index contributed by atoms with van der Waals surface area (Å²) in [7, 11) is 8.32. The van der Waals surface area contributed by atoms with Crippen molar-refractivity contribution < 1.29 is 0 Å². The van der Waals surface area contributed by atoms with E-state index in [1.165, 1.54) is 19.3 Å². The second-order valence-electron chi connectivity index (χ2n) is 5.34. The summed E-state index contributed by atoms with van der Waals surface area (Å²) < 4.78 is 0. The van der Waals surface area contributed by atoms with Crippen LogP contribution in [-0.4, -0.2) is 55.1 Å². The van der Waals surface area contributed by atoms with Gasteiger partial charge in [-0.15, -0.1) is 0 Å². The lowest BCUT2D eigenvalue weighted by Crippen LogP contribution is -2.56. The predicted molar refractivity (Wildman–Crippen MR) is 75.1 cm³/mol. The van der Waals surface area contributed by atoms with Crippen molar-refractivity contribution in [3.8, 4) is 0 Å². The van der Waals surface area contributed by atoms with Crippen molar-refractivity contribution >= 4 is 11.6 Å². The number of hydrogen-bond acceptors (Lipinski definition) is 5. The Kier molecular flexibility index (Phi) is 3.71. The van der Waals surface area contributed by atoms with Crippen LogP contribution in [0.5, 0.6) is 0 Å². The maximum atomic E-state index is 4.35. The molecule has 5 heteroatoms. The van der Waals surface area contributed by atoms with Crippen molar-refractivity contribution in [3.63, 3.8) is 0 Å². The first-order chi connectivity index (χ1) is 8.57. The molecule has 100 valence electrons. The maximum Gasteiger partial charge on any atom is 0.133 e. The van der Waals surface area contributed by atoms with E-state index in [9.17, 15) is 0 Å². The topological polar surface area (TPSA) is 44.3 Å². The zero-order chi connectivity index (χ0) is 13.2. The molecule has 1 aliphatic carbocycles. The Hall–Kier alpha value is -1.36. The van der Waals surface area contributed by atoms with E-state index < -0.39 is 0 Å². The summed E-state index contributed by atoms with van der Waals surface area (Å²) in [5.41, 5.74) is 0.319. The van der Waals surface area contributed by atoms with Crippen molar-refractivity contribution in [2.24, 2.45) is 0 Å². The standard InChI is InChI=1S/C13H23N5/c1-14-11-8-12(16-10-15-11)18(4)9-13(17(2)3)6-5-7-13/h8,10H,5-7,9H2,1-4H3,(H,14,15,16). The Morgan fingerprint density at radius 3 is 2.50 bits per heavy atom. The average molecular weight is 249 g/mol. The van der Waals surface area contributed by atoms with Crippen LogP contribution in [0.4, 0.5) is 11.6 Å². The van der Waals surface area contributed by atoms with Crippen LogP contribution in [0.1, 0.15) is 19.3 Å². The Bertz CT molecular complexity index is 400. The van der Waals surface area contributed by atoms with E-state index in [0.717, 1.165) is 18.2 Å². The van der Waals surface area contributed by atoms with Gasteiger partial charge in [-0.2, -0.15) is 0 Å². The smallest absolute Gasteiger partial charge is 0.133 e. The van der Waals surface area contributed by atoms with Gasteiger partial charge in [-0.3, -0.25) is 0 Å². The molecule has 0 saturated heterocycles. The number of hydrogen-bond donors (Lipinski definition) is 1. The van der Waals surface area contributed by atoms with E-state index >= 15 is 0 Å². The van der Waals surface area contributed by atoms with Gasteiger partial charge in [-0.25, -0.2) is 9.97 Å². The highest BCUT2D eigenvalue weighted by Gasteiger charge is 2.40. The van der Waals surface area contributed by atoms with Gasteiger partial charge in [0.1, 0.15) is 18.0 Å². The Morgan fingerprint density at radius 2 is 2.00 bits per heavy atom. The molecule has 1 aliphatic rings. The van der Waals surface area contributed by atoms with E-state index in [0.29, 0.717) is 5.54 Å². The first-order valence-corrected chi connectivity index (χ1v) is 6.46. The number of likely N-dealkylation sites (N-methyl/N-ethyl adjacent to an activating group) is 2. The van der Waals surface area contributed by atoms with Gasteiger partial charge in [0.15, 0.2) is 0 Å². The van der Waals surface area contributed by atoms with Gasteiger partial charge in [0, 0.05) is 32.2 Å². The molecule has 0 amide bonds. The molecule has 5 nitrogen and oxygen atoms in total. The highest BCUT2D eigenvalue weighted by atomic mass is 15.3. The average Bonchev–Trinajstić information content (AvgIpc) is 2.33. The number of nitrogens with zero attached hydrogens (tertiary/aromatic N) is 4. The summed E-state index contributed by atoms with van der Waals surface area (Å²) in [6, 6.07) is 1.99. The van der Waals surface area contributed by atoms with Crippen LogP contribution in [-0.2, 0) is 0 Å². The molecule has 1 fully saturated rings. The first-order valence-electron chi connectivity index (χ1n) is 6.46. The summed E-state index contributed by atoms with van der Waals surface area (Å²) in [6.07, 6.45) is 5.49. The SMILES string of the molecule is CNc1cc(N(C)CC2(N(C)C)CCC2)ncn1. The number of rotatable bonds is 5. The van der Waals surface area contributed by atoms with Crippen molar-refractivity contribution in [2.45, 2.75) is 24.8 Å². The Balaban J connectivity index is 2.09. The summed E-state index contributed by atoms with van der Waals surface area (Å²) in [6.45, 7) is 1.01. The van der Waals surface area contributed by atoms with Gasteiger partial charge < -0.3 is 15.1 Å². The minimum atomic E-state index is 0.319. The first kappa shape index (κ1) is 13.1. The van der Waals surface area contributed by atoms with Gasteiger partial charge in [-0.05, 0) is 33.4 Å². The lowest BCUT2D eigenvalue weighted by Gasteiger charge is -2.49. The second kappa shape index (κ2) is 5.10. The fourth-order valence-electron chi connectivity index (χ4n) is 2.55. The van der Waals surface area contributed by atoms with Gasteiger partial charge in [0.25, 0.3) is 0 Å². The molecule has 0 spiro atoms. The second-order valence-corrected chi connectivity index (χ2v) is 5.34. The normalized spacial score (nSPS) is 17.4. The summed E-state index contributed by atoms with van der Waals surface area (Å²) in [5, 5.41) is 3.05. The molecule has 1 saturated carbocycles. The van der Waals surface area contributed by atoms with Crippen LogP contribution in [0.15, 0.2) is 12.4 Å². The third kappa shape index (κ3) is 2.41. The molecule has 2 rings (SSSR count). The van der Waals surface area contributed by atoms with E-state index in [1.807, 2.05) is 13.1 Å². The van der Waals surface area contributed by atoms with Crippen LogP contribution in [0.3, 0.4) is 0 Å². The van der Waals surface area contributed by atoms with Gasteiger partial charge in [0.2, 0.25) is 0 Å². The molecular formula is C13H23N5. The molecular weight excluding hydrogens is 226 g/mol. The van der Waals surface area contributed by atoms with E-state index in [-0.39, 0.29) is 0 Å². The summed E-state index contributed by atoms with van der Waals surface area (Å²) >= 11 is 0. The van der Waals surface area contributed by atoms with Crippen LogP contribution in [0.25, 0.3) is 0 Å². The zero-order valence-electron chi connectivity index (χ0n) is 11.8. The summed E-state index contributed by atoms with van der Waals surface area (Å²) in [5.74, 6) is 1.84. The minimum absolute atomic E-state index is 0.319. The lowest BCUT2D eigenvalue weighted by atomic mass is 9.75. The fraction of sp³-hybridized carbons (Fsp3) is 0.692. The molecule has 0 radical (unpaired) electrons. The van der Waals surface area contributed by atoms with Crippen molar-refractivity contribution in [1.82, 2.24) is 14.9 Å².